The van der Waals surface area contributed by atoms with Gasteiger partial charge in [0, 0.05) is 28.6 Å². The van der Waals surface area contributed by atoms with E-state index in [0.29, 0.717) is 6.42 Å². The van der Waals surface area contributed by atoms with Crippen molar-refractivity contribution in [2.24, 2.45) is 0 Å². The number of hydrogen-bond acceptors (Lipinski definition) is 1. The van der Waals surface area contributed by atoms with Gasteiger partial charge in [-0.1, -0.05) is 48.4 Å². The van der Waals surface area contributed by atoms with Gasteiger partial charge in [0.15, 0.2) is 0 Å². The summed E-state index contributed by atoms with van der Waals surface area (Å²) in [4.78, 5) is 4.50. The molecule has 28 heavy (non-hydrogen) atoms. The van der Waals surface area contributed by atoms with Crippen LogP contribution in [0.4, 0.5) is 13.2 Å². The van der Waals surface area contributed by atoms with Crippen LogP contribution in [0.5, 0.6) is 0 Å². The minimum Gasteiger partial charge on any atom is -0.261 e. The number of pyridine rings is 1. The number of benzene rings is 1. The zero-order valence-electron chi connectivity index (χ0n) is 15.6. The SMILES string of the molecule is CC#CC1=C(/C=C\CF)/C(=C\c2ccc(C(F)F)cc2)c2cccnc2CC1. The molecule has 4 heteroatoms. The Morgan fingerprint density at radius 2 is 1.93 bits per heavy atom. The van der Waals surface area contributed by atoms with Crippen LogP contribution in [0.1, 0.15) is 42.2 Å². The minimum absolute atomic E-state index is 0.0179. The van der Waals surface area contributed by atoms with E-state index in [4.69, 9.17) is 0 Å². The van der Waals surface area contributed by atoms with Crippen LogP contribution in [0.15, 0.2) is 65.9 Å². The molecular formula is C24H20F3N. The van der Waals surface area contributed by atoms with Gasteiger partial charge in [-0.3, -0.25) is 4.98 Å². The molecule has 0 unspecified atom stereocenters. The lowest BCUT2D eigenvalue weighted by atomic mass is 9.92. The molecule has 0 atom stereocenters. The molecule has 1 nitrogen and oxygen atoms in total. The molecule has 1 aromatic carbocycles. The number of hydrogen-bond donors (Lipinski definition) is 0. The lowest BCUT2D eigenvalue weighted by Crippen LogP contribution is -1.95. The average Bonchev–Trinajstić information content (AvgIpc) is 2.85. The van der Waals surface area contributed by atoms with Crippen LogP contribution >= 0.6 is 0 Å². The third-order valence-corrected chi connectivity index (χ3v) is 4.56. The summed E-state index contributed by atoms with van der Waals surface area (Å²) < 4.78 is 38.6. The quantitative estimate of drug-likeness (QED) is 0.564. The summed E-state index contributed by atoms with van der Waals surface area (Å²) in [6.45, 7) is 1.19. The minimum atomic E-state index is -2.50. The van der Waals surface area contributed by atoms with Crippen molar-refractivity contribution < 1.29 is 13.2 Å². The Labute approximate surface area is 163 Å². The van der Waals surface area contributed by atoms with Crippen molar-refractivity contribution >= 4 is 11.6 Å². The van der Waals surface area contributed by atoms with Crippen molar-refractivity contribution in [3.63, 3.8) is 0 Å². The molecule has 0 fully saturated rings. The molecule has 0 bridgehead atoms. The molecule has 0 radical (unpaired) electrons. The van der Waals surface area contributed by atoms with Crippen LogP contribution in [0.3, 0.4) is 0 Å². The maximum absolute atomic E-state index is 12.9. The van der Waals surface area contributed by atoms with Crippen LogP contribution in [-0.4, -0.2) is 11.7 Å². The number of aromatic nitrogens is 1. The molecule has 0 N–H and O–H groups in total. The van der Waals surface area contributed by atoms with Crippen molar-refractivity contribution in [2.75, 3.05) is 6.67 Å². The second-order valence-electron chi connectivity index (χ2n) is 6.35. The van der Waals surface area contributed by atoms with Gasteiger partial charge in [0.05, 0.1) is 0 Å². The predicted octanol–water partition coefficient (Wildman–Crippen LogP) is 6.35. The van der Waals surface area contributed by atoms with Gasteiger partial charge in [-0.15, -0.1) is 5.92 Å². The number of allylic oxidation sites excluding steroid dienone is 5. The Kier molecular flexibility index (Phi) is 6.49. The average molecular weight is 379 g/mol. The first-order chi connectivity index (χ1) is 13.6. The Morgan fingerprint density at radius 1 is 1.14 bits per heavy atom. The highest BCUT2D eigenvalue weighted by Crippen LogP contribution is 2.35. The fourth-order valence-electron chi connectivity index (χ4n) is 3.26. The highest BCUT2D eigenvalue weighted by Gasteiger charge is 2.19. The van der Waals surface area contributed by atoms with Crippen molar-refractivity contribution in [2.45, 2.75) is 26.2 Å². The molecule has 0 aliphatic heterocycles. The number of fused-ring (bicyclic) bond motifs is 1. The molecular weight excluding hydrogens is 359 g/mol. The van der Waals surface area contributed by atoms with Gasteiger partial charge in [-0.05, 0) is 48.6 Å². The van der Waals surface area contributed by atoms with Crippen LogP contribution in [0, 0.1) is 11.8 Å². The summed E-state index contributed by atoms with van der Waals surface area (Å²) in [7, 11) is 0. The first kappa shape index (κ1) is 19.7. The highest BCUT2D eigenvalue weighted by molar-refractivity contribution is 5.95. The third kappa shape index (κ3) is 4.43. The topological polar surface area (TPSA) is 12.9 Å². The standard InChI is InChI=1S/C24H20F3N/c1-2-5-18-12-13-23-21(7-4-15-28-23)22(20(18)6-3-14-25)16-17-8-10-19(11-9-17)24(26)27/h3-4,6-11,15-16,24H,12-14H2,1H3/b6-3-,22-16+. The van der Waals surface area contributed by atoms with Crippen LogP contribution < -0.4 is 0 Å². The van der Waals surface area contributed by atoms with E-state index in [2.05, 4.69) is 16.8 Å². The second kappa shape index (κ2) is 9.23. The number of rotatable bonds is 4. The number of alkyl halides is 3. The molecule has 1 aliphatic rings. The zero-order chi connectivity index (χ0) is 19.9. The summed E-state index contributed by atoms with van der Waals surface area (Å²) in [5, 5.41) is 0. The fourth-order valence-corrected chi connectivity index (χ4v) is 3.26. The summed E-state index contributed by atoms with van der Waals surface area (Å²) in [5.74, 6) is 6.08. The van der Waals surface area contributed by atoms with Gasteiger partial charge in [-0.25, -0.2) is 13.2 Å². The summed E-state index contributed by atoms with van der Waals surface area (Å²) in [5.41, 5.74) is 5.29. The lowest BCUT2D eigenvalue weighted by molar-refractivity contribution is 0.151. The molecule has 0 saturated heterocycles. The van der Waals surface area contributed by atoms with Crippen molar-refractivity contribution in [3.8, 4) is 11.8 Å². The van der Waals surface area contributed by atoms with E-state index in [9.17, 15) is 13.2 Å². The van der Waals surface area contributed by atoms with Gasteiger partial charge < -0.3 is 0 Å². The molecule has 0 amide bonds. The Morgan fingerprint density at radius 3 is 2.61 bits per heavy atom. The molecule has 1 aromatic heterocycles. The van der Waals surface area contributed by atoms with Crippen LogP contribution in [0.25, 0.3) is 11.6 Å². The maximum Gasteiger partial charge on any atom is 0.263 e. The van der Waals surface area contributed by atoms with E-state index >= 15 is 0 Å². The summed E-state index contributed by atoms with van der Waals surface area (Å²) in [6, 6.07) is 10.0. The van der Waals surface area contributed by atoms with Crippen molar-refractivity contribution in [1.82, 2.24) is 4.98 Å². The zero-order valence-corrected chi connectivity index (χ0v) is 15.6. The molecule has 3 rings (SSSR count). The Hall–Kier alpha value is -3.06. The Bertz CT molecular complexity index is 987. The van der Waals surface area contributed by atoms with Gasteiger partial charge in [0.1, 0.15) is 6.67 Å². The van der Waals surface area contributed by atoms with Gasteiger partial charge in [-0.2, -0.15) is 0 Å². The monoisotopic (exact) mass is 379 g/mol. The van der Waals surface area contributed by atoms with E-state index in [-0.39, 0.29) is 5.56 Å². The second-order valence-corrected chi connectivity index (χ2v) is 6.35. The fraction of sp³-hybridized carbons (Fsp3) is 0.208. The van der Waals surface area contributed by atoms with Crippen LogP contribution in [-0.2, 0) is 6.42 Å². The molecule has 2 aromatic rings. The molecule has 1 heterocycles. The number of nitrogens with zero attached hydrogens (tertiary/aromatic N) is 1. The number of halogens is 3. The van der Waals surface area contributed by atoms with E-state index in [1.165, 1.54) is 18.2 Å². The van der Waals surface area contributed by atoms with Crippen LogP contribution in [0.2, 0.25) is 0 Å². The van der Waals surface area contributed by atoms with Gasteiger partial charge >= 0.3 is 0 Å². The van der Waals surface area contributed by atoms with Crippen molar-refractivity contribution in [3.05, 3.63) is 88.3 Å². The lowest BCUT2D eigenvalue weighted by Gasteiger charge is -2.12. The van der Waals surface area contributed by atoms with E-state index < -0.39 is 13.1 Å². The first-order valence-electron chi connectivity index (χ1n) is 9.07. The Balaban J connectivity index is 2.21. The molecule has 1 aliphatic carbocycles. The summed E-state index contributed by atoms with van der Waals surface area (Å²) >= 11 is 0. The van der Waals surface area contributed by atoms with E-state index in [1.54, 1.807) is 31.3 Å². The highest BCUT2D eigenvalue weighted by atomic mass is 19.3. The first-order valence-corrected chi connectivity index (χ1v) is 9.07. The van der Waals surface area contributed by atoms with Crippen molar-refractivity contribution in [1.29, 1.82) is 0 Å². The largest absolute Gasteiger partial charge is 0.263 e. The molecule has 142 valence electrons. The maximum atomic E-state index is 12.9. The third-order valence-electron chi connectivity index (χ3n) is 4.56. The van der Waals surface area contributed by atoms with E-state index in [0.717, 1.165) is 40.0 Å². The number of aryl methyl sites for hydroxylation is 1. The summed E-state index contributed by atoms with van der Waals surface area (Å²) in [6.07, 6.45) is 5.83. The van der Waals surface area contributed by atoms with E-state index in [1.807, 2.05) is 18.2 Å². The predicted molar refractivity (Wildman–Crippen MR) is 107 cm³/mol. The smallest absolute Gasteiger partial charge is 0.261 e. The molecule has 0 spiro atoms. The van der Waals surface area contributed by atoms with Gasteiger partial charge in [0.2, 0.25) is 0 Å². The normalized spacial score (nSPS) is 15.5. The van der Waals surface area contributed by atoms with Gasteiger partial charge in [0.25, 0.3) is 6.43 Å². The molecule has 0 saturated carbocycles.